The molecule has 0 aliphatic carbocycles. The first kappa shape index (κ1) is 15.9. The summed E-state index contributed by atoms with van der Waals surface area (Å²) >= 11 is 0. The Morgan fingerprint density at radius 2 is 1.82 bits per heavy atom. The van der Waals surface area contributed by atoms with Gasteiger partial charge in [-0.05, 0) is 12.3 Å². The Labute approximate surface area is 103 Å². The molecule has 0 saturated carbocycles. The Kier molecular flexibility index (Phi) is 7.53. The molecular formula is C11H19N3O2S. The van der Waals surface area contributed by atoms with Crippen LogP contribution in [0.4, 0.5) is 0 Å². The molecule has 1 unspecified atom stereocenters. The first-order valence-corrected chi connectivity index (χ1v) is 7.34. The van der Waals surface area contributed by atoms with E-state index in [4.69, 9.17) is 10.5 Å². The third kappa shape index (κ3) is 5.67. The smallest absolute Gasteiger partial charge is 0.213 e. The predicted molar refractivity (Wildman–Crippen MR) is 65.2 cm³/mol. The lowest BCUT2D eigenvalue weighted by Gasteiger charge is -2.15. The van der Waals surface area contributed by atoms with Gasteiger partial charge >= 0.3 is 0 Å². The van der Waals surface area contributed by atoms with Gasteiger partial charge in [-0.1, -0.05) is 33.1 Å². The van der Waals surface area contributed by atoms with Crippen molar-refractivity contribution in [2.75, 3.05) is 6.54 Å². The highest BCUT2D eigenvalue weighted by molar-refractivity contribution is 7.90. The molecule has 0 aromatic rings. The minimum absolute atomic E-state index is 0.266. The molecule has 17 heavy (non-hydrogen) atoms. The van der Waals surface area contributed by atoms with Crippen LogP contribution < -0.4 is 4.72 Å². The van der Waals surface area contributed by atoms with Crippen molar-refractivity contribution in [3.63, 3.8) is 0 Å². The SMILES string of the molecule is CCCCC(CC)CNS(=O)(=O)C(C#N)C#N. The van der Waals surface area contributed by atoms with Crippen molar-refractivity contribution in [2.45, 2.75) is 44.8 Å². The molecule has 0 heterocycles. The molecule has 0 spiro atoms. The summed E-state index contributed by atoms with van der Waals surface area (Å²) in [5.41, 5.74) is 0. The Morgan fingerprint density at radius 3 is 2.24 bits per heavy atom. The van der Waals surface area contributed by atoms with Crippen LogP contribution >= 0.6 is 0 Å². The Bertz CT molecular complexity index is 378. The van der Waals surface area contributed by atoms with Crippen LogP contribution in [-0.2, 0) is 10.0 Å². The molecule has 0 aromatic carbocycles. The fourth-order valence-corrected chi connectivity index (χ4v) is 2.34. The first-order chi connectivity index (χ1) is 8.01. The van der Waals surface area contributed by atoms with Crippen LogP contribution in [0, 0.1) is 28.6 Å². The molecule has 0 saturated heterocycles. The summed E-state index contributed by atoms with van der Waals surface area (Å²) in [6, 6.07) is 2.93. The number of nitriles is 2. The molecule has 1 atom stereocenters. The summed E-state index contributed by atoms with van der Waals surface area (Å²) in [6.45, 7) is 4.39. The molecule has 5 nitrogen and oxygen atoms in total. The highest BCUT2D eigenvalue weighted by Gasteiger charge is 2.25. The number of rotatable bonds is 8. The molecule has 96 valence electrons. The van der Waals surface area contributed by atoms with Gasteiger partial charge in [0.05, 0.1) is 12.1 Å². The van der Waals surface area contributed by atoms with Gasteiger partial charge in [0.1, 0.15) is 0 Å². The van der Waals surface area contributed by atoms with Crippen molar-refractivity contribution < 1.29 is 8.42 Å². The number of hydrogen-bond acceptors (Lipinski definition) is 4. The van der Waals surface area contributed by atoms with Gasteiger partial charge in [-0.25, -0.2) is 13.1 Å². The van der Waals surface area contributed by atoms with E-state index in [-0.39, 0.29) is 5.92 Å². The maximum absolute atomic E-state index is 11.5. The fourth-order valence-electron chi connectivity index (χ4n) is 1.43. The van der Waals surface area contributed by atoms with E-state index in [1.807, 2.05) is 6.92 Å². The van der Waals surface area contributed by atoms with Gasteiger partial charge in [-0.3, -0.25) is 0 Å². The van der Waals surface area contributed by atoms with Crippen LogP contribution in [0.25, 0.3) is 0 Å². The molecule has 0 rings (SSSR count). The lowest BCUT2D eigenvalue weighted by Crippen LogP contribution is -2.35. The summed E-state index contributed by atoms with van der Waals surface area (Å²) < 4.78 is 25.4. The summed E-state index contributed by atoms with van der Waals surface area (Å²) in [7, 11) is -3.82. The third-order valence-electron chi connectivity index (χ3n) is 2.66. The Morgan fingerprint density at radius 1 is 1.24 bits per heavy atom. The van der Waals surface area contributed by atoms with E-state index in [9.17, 15) is 8.42 Å². The summed E-state index contributed by atoms with van der Waals surface area (Å²) in [5.74, 6) is 0.266. The van der Waals surface area contributed by atoms with E-state index in [2.05, 4.69) is 11.6 Å². The summed E-state index contributed by atoms with van der Waals surface area (Å²) in [4.78, 5) is 0. The third-order valence-corrected chi connectivity index (χ3v) is 4.06. The van der Waals surface area contributed by atoms with Gasteiger partial charge in [-0.2, -0.15) is 10.5 Å². The van der Waals surface area contributed by atoms with Crippen LogP contribution in [0.5, 0.6) is 0 Å². The van der Waals surface area contributed by atoms with Gasteiger partial charge in [0, 0.05) is 6.54 Å². The molecule has 0 aliphatic heterocycles. The lowest BCUT2D eigenvalue weighted by molar-refractivity contribution is 0.443. The number of unbranched alkanes of at least 4 members (excludes halogenated alkanes) is 1. The minimum Gasteiger partial charge on any atom is -0.213 e. The zero-order chi connectivity index (χ0) is 13.3. The van der Waals surface area contributed by atoms with Crippen LogP contribution in [0.2, 0.25) is 0 Å². The standard InChI is InChI=1S/C11H19N3O2S/c1-3-5-6-10(4-2)9-14-17(15,16)11(7-12)8-13/h10-11,14H,3-6,9H2,1-2H3. The van der Waals surface area contributed by atoms with E-state index in [0.717, 1.165) is 25.7 Å². The number of hydrogen-bond donors (Lipinski definition) is 1. The minimum atomic E-state index is -3.82. The second-order valence-corrected chi connectivity index (χ2v) is 5.80. The topological polar surface area (TPSA) is 93.8 Å². The largest absolute Gasteiger partial charge is 0.247 e. The Balaban J connectivity index is 4.35. The van der Waals surface area contributed by atoms with E-state index in [1.165, 1.54) is 12.1 Å². The second-order valence-electron chi connectivity index (χ2n) is 3.95. The average molecular weight is 257 g/mol. The van der Waals surface area contributed by atoms with Gasteiger partial charge in [0.15, 0.2) is 0 Å². The van der Waals surface area contributed by atoms with E-state index in [0.29, 0.717) is 6.54 Å². The summed E-state index contributed by atoms with van der Waals surface area (Å²) in [6.07, 6.45) is 3.97. The molecule has 0 aromatic heterocycles. The number of nitrogens with one attached hydrogen (secondary N) is 1. The number of sulfonamides is 1. The van der Waals surface area contributed by atoms with Crippen LogP contribution in [-0.4, -0.2) is 20.2 Å². The van der Waals surface area contributed by atoms with Crippen molar-refractivity contribution in [3.8, 4) is 12.1 Å². The fraction of sp³-hybridized carbons (Fsp3) is 0.818. The van der Waals surface area contributed by atoms with E-state index < -0.39 is 15.3 Å². The molecule has 0 amide bonds. The van der Waals surface area contributed by atoms with Gasteiger partial charge < -0.3 is 0 Å². The van der Waals surface area contributed by atoms with Gasteiger partial charge in [-0.15, -0.1) is 0 Å². The quantitative estimate of drug-likeness (QED) is 0.713. The maximum atomic E-state index is 11.5. The van der Waals surface area contributed by atoms with Crippen molar-refractivity contribution in [1.29, 1.82) is 10.5 Å². The van der Waals surface area contributed by atoms with Crippen molar-refractivity contribution in [2.24, 2.45) is 5.92 Å². The highest BCUT2D eigenvalue weighted by Crippen LogP contribution is 2.12. The monoisotopic (exact) mass is 257 g/mol. The van der Waals surface area contributed by atoms with Crippen LogP contribution in [0.15, 0.2) is 0 Å². The number of nitrogens with zero attached hydrogens (tertiary/aromatic N) is 2. The van der Waals surface area contributed by atoms with Crippen molar-refractivity contribution >= 4 is 10.0 Å². The molecule has 0 aliphatic rings. The second kappa shape index (κ2) is 8.05. The zero-order valence-corrected chi connectivity index (χ0v) is 11.1. The van der Waals surface area contributed by atoms with E-state index >= 15 is 0 Å². The first-order valence-electron chi connectivity index (χ1n) is 5.79. The normalized spacial score (nSPS) is 13.0. The molecule has 0 radical (unpaired) electrons. The molecule has 0 bridgehead atoms. The predicted octanol–water partition coefficient (Wildman–Crippen LogP) is 1.54. The molecule has 1 N–H and O–H groups in total. The maximum Gasteiger partial charge on any atom is 0.247 e. The molecule has 0 fully saturated rings. The van der Waals surface area contributed by atoms with Gasteiger partial charge in [0.25, 0.3) is 0 Å². The van der Waals surface area contributed by atoms with Gasteiger partial charge in [0.2, 0.25) is 15.3 Å². The average Bonchev–Trinajstić information content (AvgIpc) is 2.30. The summed E-state index contributed by atoms with van der Waals surface area (Å²) in [5, 5.41) is 15.4. The van der Waals surface area contributed by atoms with Crippen molar-refractivity contribution in [3.05, 3.63) is 0 Å². The Hall–Kier alpha value is -1.11. The molecule has 6 heteroatoms. The van der Waals surface area contributed by atoms with Crippen molar-refractivity contribution in [1.82, 2.24) is 4.72 Å². The van der Waals surface area contributed by atoms with Crippen LogP contribution in [0.1, 0.15) is 39.5 Å². The lowest BCUT2D eigenvalue weighted by atomic mass is 10.00. The van der Waals surface area contributed by atoms with Crippen LogP contribution in [0.3, 0.4) is 0 Å². The van der Waals surface area contributed by atoms with E-state index in [1.54, 1.807) is 0 Å². The highest BCUT2D eigenvalue weighted by atomic mass is 32.2. The zero-order valence-electron chi connectivity index (χ0n) is 10.3. The molecular weight excluding hydrogens is 238 g/mol.